The monoisotopic (exact) mass is 234 g/mol. The average molecular weight is 235 g/mol. The molecule has 1 aromatic heterocycles. The number of halogens is 2. The van der Waals surface area contributed by atoms with Gasteiger partial charge in [0, 0.05) is 6.20 Å². The molecular weight excluding hydrogens is 223 g/mol. The number of pyridine rings is 1. The van der Waals surface area contributed by atoms with Crippen LogP contribution in [0.4, 0.5) is 0 Å². The summed E-state index contributed by atoms with van der Waals surface area (Å²) in [5.41, 5.74) is 0.734. The number of nitrogens with zero attached hydrogens (tertiary/aromatic N) is 1. The highest BCUT2D eigenvalue weighted by Crippen LogP contribution is 2.14. The third kappa shape index (κ3) is 3.06. The molecule has 0 saturated heterocycles. The highest BCUT2D eigenvalue weighted by molar-refractivity contribution is 5.85. The lowest BCUT2D eigenvalue weighted by Gasteiger charge is -2.04. The fraction of sp³-hybridized carbons (Fsp3) is 0.333. The molecule has 0 fully saturated rings. The number of H-pyrrole nitrogens is 1. The molecule has 1 heterocycles. The van der Waals surface area contributed by atoms with Crippen molar-refractivity contribution >= 4 is 24.8 Å². The van der Waals surface area contributed by atoms with E-state index in [1.165, 1.54) is 0 Å². The normalized spacial score (nSPS) is 8.43. The van der Waals surface area contributed by atoms with Gasteiger partial charge in [0.05, 0.1) is 0 Å². The molecule has 0 aliphatic rings. The highest BCUT2D eigenvalue weighted by atomic mass is 35.5. The fourth-order valence-corrected chi connectivity index (χ4v) is 1.09. The van der Waals surface area contributed by atoms with Crippen LogP contribution in [-0.4, -0.2) is 4.98 Å². The summed E-state index contributed by atoms with van der Waals surface area (Å²) in [6, 6.07) is 3.67. The van der Waals surface area contributed by atoms with Crippen molar-refractivity contribution in [3.63, 3.8) is 0 Å². The molecule has 0 aliphatic heterocycles. The zero-order chi connectivity index (χ0) is 9.14. The molecule has 0 aromatic carbocycles. The predicted octanol–water partition coefficient (Wildman–Crippen LogP) is 2.21. The summed E-state index contributed by atoms with van der Waals surface area (Å²) in [6.07, 6.45) is 1.57. The minimum atomic E-state index is -0.302. The summed E-state index contributed by atoms with van der Waals surface area (Å²) in [7, 11) is 0. The summed E-state index contributed by atoms with van der Waals surface area (Å²) in [6.45, 7) is 3.91. The van der Waals surface area contributed by atoms with Crippen LogP contribution < -0.4 is 5.56 Å². The zero-order valence-corrected chi connectivity index (χ0v) is 9.54. The minimum absolute atomic E-state index is 0. The molecule has 1 N–H and O–H groups in total. The van der Waals surface area contributed by atoms with Gasteiger partial charge in [0.1, 0.15) is 11.6 Å². The van der Waals surface area contributed by atoms with Crippen LogP contribution in [0.5, 0.6) is 0 Å². The first kappa shape index (κ1) is 15.5. The number of hydrogen-bond acceptors (Lipinski definition) is 2. The van der Waals surface area contributed by atoms with Gasteiger partial charge in [-0.25, -0.2) is 0 Å². The van der Waals surface area contributed by atoms with Gasteiger partial charge in [0.2, 0.25) is 0 Å². The molecule has 78 valence electrons. The van der Waals surface area contributed by atoms with Crippen molar-refractivity contribution in [2.45, 2.75) is 19.8 Å². The summed E-state index contributed by atoms with van der Waals surface area (Å²) in [5, 5.41) is 8.68. The van der Waals surface area contributed by atoms with Crippen molar-refractivity contribution in [3.8, 4) is 6.07 Å². The maximum absolute atomic E-state index is 11.1. The molecule has 1 rings (SSSR count). The van der Waals surface area contributed by atoms with Gasteiger partial charge in [-0.1, -0.05) is 13.8 Å². The first-order valence-corrected chi connectivity index (χ1v) is 3.78. The number of nitrogens with one attached hydrogen (secondary N) is 1. The van der Waals surface area contributed by atoms with Crippen molar-refractivity contribution in [2.24, 2.45) is 0 Å². The highest BCUT2D eigenvalue weighted by Gasteiger charge is 2.08. The maximum Gasteiger partial charge on any atom is 0.266 e. The molecule has 0 atom stereocenters. The lowest BCUT2D eigenvalue weighted by Crippen LogP contribution is -2.12. The molecular formula is C9H12Cl2N2O. The Kier molecular flexibility index (Phi) is 7.16. The van der Waals surface area contributed by atoms with Crippen LogP contribution in [0.1, 0.15) is 30.9 Å². The van der Waals surface area contributed by atoms with Crippen molar-refractivity contribution < 1.29 is 0 Å². The average Bonchev–Trinajstić information content (AvgIpc) is 2.03. The smallest absolute Gasteiger partial charge is 0.266 e. The Hall–Kier alpha value is -0.980. The van der Waals surface area contributed by atoms with E-state index < -0.39 is 0 Å². The van der Waals surface area contributed by atoms with Crippen molar-refractivity contribution in [1.82, 2.24) is 4.98 Å². The van der Waals surface area contributed by atoms with Crippen molar-refractivity contribution in [3.05, 3.63) is 33.7 Å². The molecule has 0 amide bonds. The Labute approximate surface area is 95.0 Å². The first-order valence-electron chi connectivity index (χ1n) is 3.78. The number of aromatic amines is 1. The van der Waals surface area contributed by atoms with Gasteiger partial charge in [-0.2, -0.15) is 5.26 Å². The Morgan fingerprint density at radius 1 is 1.43 bits per heavy atom. The van der Waals surface area contributed by atoms with Crippen LogP contribution in [0, 0.1) is 11.3 Å². The van der Waals surface area contributed by atoms with Crippen molar-refractivity contribution in [2.75, 3.05) is 0 Å². The molecule has 0 aliphatic carbocycles. The molecule has 0 bridgehead atoms. The van der Waals surface area contributed by atoms with Crippen LogP contribution in [-0.2, 0) is 0 Å². The number of aromatic nitrogens is 1. The predicted molar refractivity (Wildman–Crippen MR) is 60.4 cm³/mol. The summed E-state index contributed by atoms with van der Waals surface area (Å²) in [5.74, 6) is 0.210. The molecule has 0 saturated carbocycles. The van der Waals surface area contributed by atoms with Gasteiger partial charge in [-0.15, -0.1) is 24.8 Å². The van der Waals surface area contributed by atoms with E-state index >= 15 is 0 Å². The fourth-order valence-electron chi connectivity index (χ4n) is 1.09. The molecule has 0 spiro atoms. The Morgan fingerprint density at radius 2 is 2.00 bits per heavy atom. The minimum Gasteiger partial charge on any atom is -0.328 e. The second-order valence-electron chi connectivity index (χ2n) is 2.90. The van der Waals surface area contributed by atoms with Gasteiger partial charge in [0.15, 0.2) is 0 Å². The van der Waals surface area contributed by atoms with E-state index in [2.05, 4.69) is 4.98 Å². The first-order chi connectivity index (χ1) is 5.66. The summed E-state index contributed by atoms with van der Waals surface area (Å²) in [4.78, 5) is 13.6. The van der Waals surface area contributed by atoms with Crippen LogP contribution in [0.2, 0.25) is 0 Å². The summed E-state index contributed by atoms with van der Waals surface area (Å²) < 4.78 is 0. The SMILES string of the molecule is CC(C)c1cc[nH]c(=O)c1C#N.Cl.Cl. The van der Waals surface area contributed by atoms with E-state index in [-0.39, 0.29) is 41.9 Å². The Bertz CT molecular complexity index is 379. The van der Waals surface area contributed by atoms with E-state index in [0.29, 0.717) is 0 Å². The van der Waals surface area contributed by atoms with Gasteiger partial charge < -0.3 is 4.98 Å². The van der Waals surface area contributed by atoms with Crippen LogP contribution in [0.3, 0.4) is 0 Å². The second-order valence-corrected chi connectivity index (χ2v) is 2.90. The van der Waals surface area contributed by atoms with Crippen molar-refractivity contribution in [1.29, 1.82) is 5.26 Å². The molecule has 0 unspecified atom stereocenters. The standard InChI is InChI=1S/C9H10N2O.2ClH/c1-6(2)7-3-4-11-9(12)8(7)5-10;;/h3-4,6H,1-2H3,(H,11,12);2*1H. The van der Waals surface area contributed by atoms with Crippen LogP contribution in [0.15, 0.2) is 17.1 Å². The Balaban J connectivity index is 0. The van der Waals surface area contributed by atoms with E-state index in [9.17, 15) is 4.79 Å². The van der Waals surface area contributed by atoms with Gasteiger partial charge in [-0.05, 0) is 17.5 Å². The van der Waals surface area contributed by atoms with E-state index in [4.69, 9.17) is 5.26 Å². The third-order valence-corrected chi connectivity index (χ3v) is 1.73. The van der Waals surface area contributed by atoms with Crippen LogP contribution in [0.25, 0.3) is 0 Å². The molecule has 1 aromatic rings. The number of hydrogen-bond donors (Lipinski definition) is 1. The molecule has 5 heteroatoms. The van der Waals surface area contributed by atoms with Gasteiger partial charge in [0.25, 0.3) is 5.56 Å². The number of rotatable bonds is 1. The maximum atomic E-state index is 11.1. The van der Waals surface area contributed by atoms with Crippen LogP contribution >= 0.6 is 24.8 Å². The van der Waals surface area contributed by atoms with E-state index in [1.807, 2.05) is 19.9 Å². The molecule has 0 radical (unpaired) electrons. The van der Waals surface area contributed by atoms with E-state index in [0.717, 1.165) is 5.56 Å². The Morgan fingerprint density at radius 3 is 2.36 bits per heavy atom. The van der Waals surface area contributed by atoms with Gasteiger partial charge in [-0.3, -0.25) is 4.79 Å². The summed E-state index contributed by atoms with van der Waals surface area (Å²) >= 11 is 0. The lowest BCUT2D eigenvalue weighted by atomic mass is 10.0. The lowest BCUT2D eigenvalue weighted by molar-refractivity contribution is 0.854. The van der Waals surface area contributed by atoms with E-state index in [1.54, 1.807) is 12.3 Å². The second kappa shape index (κ2) is 6.47. The largest absolute Gasteiger partial charge is 0.328 e. The quantitative estimate of drug-likeness (QED) is 0.811. The third-order valence-electron chi connectivity index (χ3n) is 1.73. The zero-order valence-electron chi connectivity index (χ0n) is 7.90. The molecule has 14 heavy (non-hydrogen) atoms. The topological polar surface area (TPSA) is 56.6 Å². The number of nitriles is 1. The van der Waals surface area contributed by atoms with Gasteiger partial charge >= 0.3 is 0 Å². The molecule has 3 nitrogen and oxygen atoms in total.